The van der Waals surface area contributed by atoms with Gasteiger partial charge in [-0.25, -0.2) is 0 Å². The Balaban J connectivity index is 3.30. The van der Waals surface area contributed by atoms with Crippen molar-refractivity contribution >= 4 is 0 Å². The molecule has 0 aliphatic heterocycles. The SMILES string of the molecule is C=CCC(N)C(C)N. The molecule has 0 aromatic heterocycles. The third-order valence-corrected chi connectivity index (χ3v) is 1.11. The predicted molar refractivity (Wildman–Crippen MR) is 36.4 cm³/mol. The topological polar surface area (TPSA) is 52.0 Å². The van der Waals surface area contributed by atoms with E-state index in [1.165, 1.54) is 0 Å². The van der Waals surface area contributed by atoms with Crippen molar-refractivity contribution in [2.75, 3.05) is 0 Å². The van der Waals surface area contributed by atoms with Gasteiger partial charge >= 0.3 is 0 Å². The van der Waals surface area contributed by atoms with Crippen molar-refractivity contribution in [2.45, 2.75) is 25.4 Å². The van der Waals surface area contributed by atoms with Crippen LogP contribution >= 0.6 is 0 Å². The zero-order valence-corrected chi connectivity index (χ0v) is 5.30. The molecular weight excluding hydrogens is 100 g/mol. The van der Waals surface area contributed by atoms with Crippen LogP contribution in [0.1, 0.15) is 13.3 Å². The molecule has 0 bridgehead atoms. The standard InChI is InChI=1S/C6H14N2/c1-3-4-6(8)5(2)7/h3,5-6H,1,4,7-8H2,2H3. The van der Waals surface area contributed by atoms with Crippen molar-refractivity contribution < 1.29 is 0 Å². The second kappa shape index (κ2) is 3.64. The summed E-state index contributed by atoms with van der Waals surface area (Å²) < 4.78 is 0. The van der Waals surface area contributed by atoms with Crippen LogP contribution in [-0.2, 0) is 0 Å². The fraction of sp³-hybridized carbons (Fsp3) is 0.667. The van der Waals surface area contributed by atoms with Crippen LogP contribution in [0, 0.1) is 0 Å². The summed E-state index contributed by atoms with van der Waals surface area (Å²) in [7, 11) is 0. The van der Waals surface area contributed by atoms with Gasteiger partial charge in [0, 0.05) is 12.1 Å². The Bertz CT molecular complexity index is 68.9. The van der Waals surface area contributed by atoms with Gasteiger partial charge in [-0.2, -0.15) is 0 Å². The smallest absolute Gasteiger partial charge is 0.0224 e. The molecule has 2 heteroatoms. The van der Waals surface area contributed by atoms with Gasteiger partial charge in [-0.15, -0.1) is 6.58 Å². The molecule has 0 aromatic rings. The first-order valence-corrected chi connectivity index (χ1v) is 2.80. The minimum atomic E-state index is 0.0764. The molecule has 0 heterocycles. The van der Waals surface area contributed by atoms with E-state index in [1.807, 2.05) is 6.92 Å². The summed E-state index contributed by atoms with van der Waals surface area (Å²) in [6.07, 6.45) is 2.59. The van der Waals surface area contributed by atoms with E-state index in [0.717, 1.165) is 6.42 Å². The van der Waals surface area contributed by atoms with Gasteiger partial charge in [0.25, 0.3) is 0 Å². The summed E-state index contributed by atoms with van der Waals surface area (Å²) in [5, 5.41) is 0. The van der Waals surface area contributed by atoms with E-state index in [0.29, 0.717) is 0 Å². The molecule has 0 spiro atoms. The average molecular weight is 114 g/mol. The molecule has 0 fully saturated rings. The summed E-state index contributed by atoms with van der Waals surface area (Å²) in [5.74, 6) is 0. The normalized spacial score (nSPS) is 17.4. The fourth-order valence-corrected chi connectivity index (χ4v) is 0.407. The molecule has 8 heavy (non-hydrogen) atoms. The molecular formula is C6H14N2. The van der Waals surface area contributed by atoms with Crippen molar-refractivity contribution in [3.05, 3.63) is 12.7 Å². The molecule has 0 aromatic carbocycles. The van der Waals surface area contributed by atoms with E-state index < -0.39 is 0 Å². The van der Waals surface area contributed by atoms with Gasteiger partial charge in [-0.05, 0) is 13.3 Å². The number of hydrogen-bond donors (Lipinski definition) is 2. The van der Waals surface area contributed by atoms with Gasteiger partial charge in [0.05, 0.1) is 0 Å². The maximum atomic E-state index is 5.53. The second-order valence-electron chi connectivity index (χ2n) is 2.05. The van der Waals surface area contributed by atoms with Crippen LogP contribution in [0.15, 0.2) is 12.7 Å². The summed E-state index contributed by atoms with van der Waals surface area (Å²) in [4.78, 5) is 0. The Morgan fingerprint density at radius 2 is 2.12 bits per heavy atom. The lowest BCUT2D eigenvalue weighted by molar-refractivity contribution is 0.566. The Labute approximate surface area is 50.6 Å². The monoisotopic (exact) mass is 114 g/mol. The van der Waals surface area contributed by atoms with Crippen molar-refractivity contribution in [1.29, 1.82) is 0 Å². The van der Waals surface area contributed by atoms with Crippen LogP contribution in [0.3, 0.4) is 0 Å². The molecule has 2 nitrogen and oxygen atoms in total. The highest BCUT2D eigenvalue weighted by Crippen LogP contribution is 1.91. The van der Waals surface area contributed by atoms with Gasteiger partial charge in [-0.1, -0.05) is 6.08 Å². The molecule has 0 saturated heterocycles. The van der Waals surface area contributed by atoms with Crippen LogP contribution < -0.4 is 11.5 Å². The van der Waals surface area contributed by atoms with Gasteiger partial charge in [0.15, 0.2) is 0 Å². The summed E-state index contributed by atoms with van der Waals surface area (Å²) in [6, 6.07) is 0.153. The maximum Gasteiger partial charge on any atom is 0.0224 e. The minimum Gasteiger partial charge on any atom is -0.327 e. The molecule has 0 rings (SSSR count). The van der Waals surface area contributed by atoms with E-state index >= 15 is 0 Å². The van der Waals surface area contributed by atoms with Crippen molar-refractivity contribution in [3.63, 3.8) is 0 Å². The van der Waals surface area contributed by atoms with E-state index in [2.05, 4.69) is 6.58 Å². The number of nitrogens with two attached hydrogens (primary N) is 2. The van der Waals surface area contributed by atoms with Crippen LogP contribution in [-0.4, -0.2) is 12.1 Å². The first-order valence-electron chi connectivity index (χ1n) is 2.80. The molecule has 48 valence electrons. The highest BCUT2D eigenvalue weighted by molar-refractivity contribution is 4.80. The molecule has 0 saturated carbocycles. The fourth-order valence-electron chi connectivity index (χ4n) is 0.407. The van der Waals surface area contributed by atoms with Crippen molar-refractivity contribution in [1.82, 2.24) is 0 Å². The lowest BCUT2D eigenvalue weighted by atomic mass is 10.1. The van der Waals surface area contributed by atoms with Crippen LogP contribution in [0.25, 0.3) is 0 Å². The van der Waals surface area contributed by atoms with Crippen molar-refractivity contribution in [2.24, 2.45) is 11.5 Å². The molecule has 0 aliphatic carbocycles. The Morgan fingerprint density at radius 1 is 1.62 bits per heavy atom. The molecule has 0 aliphatic rings. The minimum absolute atomic E-state index is 0.0764. The second-order valence-corrected chi connectivity index (χ2v) is 2.05. The molecule has 2 atom stereocenters. The molecule has 0 amide bonds. The van der Waals surface area contributed by atoms with Gasteiger partial charge < -0.3 is 11.5 Å². The molecule has 2 unspecified atom stereocenters. The molecule has 4 N–H and O–H groups in total. The zero-order chi connectivity index (χ0) is 6.57. The lowest BCUT2D eigenvalue weighted by Crippen LogP contribution is -2.38. The van der Waals surface area contributed by atoms with Crippen LogP contribution in [0.2, 0.25) is 0 Å². The average Bonchev–Trinajstić information content (AvgIpc) is 1.67. The third kappa shape index (κ3) is 2.77. The zero-order valence-electron chi connectivity index (χ0n) is 5.30. The Hall–Kier alpha value is -0.340. The first kappa shape index (κ1) is 7.66. The van der Waals surface area contributed by atoms with Gasteiger partial charge in [0.2, 0.25) is 0 Å². The van der Waals surface area contributed by atoms with E-state index in [1.54, 1.807) is 6.08 Å². The highest BCUT2D eigenvalue weighted by atomic mass is 14.8. The quantitative estimate of drug-likeness (QED) is 0.516. The maximum absolute atomic E-state index is 5.53. The summed E-state index contributed by atoms with van der Waals surface area (Å²) in [6.45, 7) is 5.44. The Kier molecular flexibility index (Phi) is 3.48. The summed E-state index contributed by atoms with van der Waals surface area (Å²) >= 11 is 0. The van der Waals surface area contributed by atoms with E-state index in [9.17, 15) is 0 Å². The van der Waals surface area contributed by atoms with Crippen molar-refractivity contribution in [3.8, 4) is 0 Å². The van der Waals surface area contributed by atoms with Crippen LogP contribution in [0.5, 0.6) is 0 Å². The van der Waals surface area contributed by atoms with Gasteiger partial charge in [-0.3, -0.25) is 0 Å². The Morgan fingerprint density at radius 3 is 2.25 bits per heavy atom. The molecule has 0 radical (unpaired) electrons. The third-order valence-electron chi connectivity index (χ3n) is 1.11. The first-order chi connectivity index (χ1) is 3.68. The predicted octanol–water partition coefficient (Wildman–Crippen LogP) is 0.237. The summed E-state index contributed by atoms with van der Waals surface area (Å²) in [5.41, 5.74) is 11.0. The van der Waals surface area contributed by atoms with E-state index in [4.69, 9.17) is 11.5 Å². The number of rotatable bonds is 3. The number of hydrogen-bond acceptors (Lipinski definition) is 2. The van der Waals surface area contributed by atoms with Crippen LogP contribution in [0.4, 0.5) is 0 Å². The lowest BCUT2D eigenvalue weighted by Gasteiger charge is -2.11. The highest BCUT2D eigenvalue weighted by Gasteiger charge is 2.03. The van der Waals surface area contributed by atoms with Gasteiger partial charge in [0.1, 0.15) is 0 Å². The largest absolute Gasteiger partial charge is 0.327 e. The van der Waals surface area contributed by atoms with E-state index in [-0.39, 0.29) is 12.1 Å².